The van der Waals surface area contributed by atoms with Crippen LogP contribution in [0, 0.1) is 13.8 Å². The number of aliphatic hydroxyl groups excluding tert-OH is 2. The topological polar surface area (TPSA) is 165 Å². The number of esters is 2. The smallest absolute Gasteiger partial charge is 0.306 e. The summed E-state index contributed by atoms with van der Waals surface area (Å²) in [5.74, 6) is 1.23. The summed E-state index contributed by atoms with van der Waals surface area (Å²) in [5.41, 5.74) is 2.55. The van der Waals surface area contributed by atoms with E-state index >= 15 is 0 Å². The van der Waals surface area contributed by atoms with E-state index in [-0.39, 0.29) is 26.1 Å². The van der Waals surface area contributed by atoms with E-state index in [0.717, 1.165) is 101 Å². The minimum Gasteiger partial charge on any atom is -0.756 e. The number of nitrogens with zero attached hydrogens (tertiary/aromatic N) is 1. The number of phosphoric ester groups is 1. The summed E-state index contributed by atoms with van der Waals surface area (Å²) < 4.78 is 39.9. The maximum absolute atomic E-state index is 12.7. The lowest BCUT2D eigenvalue weighted by atomic mass is 10.0. The normalized spacial score (nSPS) is 14.8. The lowest BCUT2D eigenvalue weighted by Crippen LogP contribution is -2.37. The van der Waals surface area contributed by atoms with Crippen LogP contribution in [0.5, 0.6) is 0 Å². The molecule has 4 atom stereocenters. The summed E-state index contributed by atoms with van der Waals surface area (Å²) in [5, 5.41) is 20.5. The van der Waals surface area contributed by atoms with Crippen LogP contribution >= 0.6 is 7.82 Å². The Morgan fingerprint density at radius 1 is 0.737 bits per heavy atom. The molecule has 0 radical (unpaired) electrons. The molecule has 12 nitrogen and oxygen atoms in total. The molecule has 0 aliphatic heterocycles. The number of aliphatic hydroxyl groups is 2. The zero-order valence-electron chi connectivity index (χ0n) is 36.7. The Morgan fingerprint density at radius 2 is 1.33 bits per heavy atom. The predicted octanol–water partition coefficient (Wildman–Crippen LogP) is 8.76. The van der Waals surface area contributed by atoms with Gasteiger partial charge in [-0.2, -0.15) is 0 Å². The zero-order chi connectivity index (χ0) is 42.5. The van der Waals surface area contributed by atoms with E-state index in [1.165, 1.54) is 24.0 Å². The first-order valence-electron chi connectivity index (χ1n) is 21.9. The van der Waals surface area contributed by atoms with Gasteiger partial charge < -0.3 is 42.5 Å². The van der Waals surface area contributed by atoms with E-state index < -0.39 is 44.7 Å². The summed E-state index contributed by atoms with van der Waals surface area (Å²) in [6, 6.07) is 0. The molecule has 2 N–H and O–H groups in total. The molecule has 0 amide bonds. The van der Waals surface area contributed by atoms with Crippen LogP contribution in [-0.4, -0.2) is 92.5 Å². The average molecular weight is 830 g/mol. The Hall–Kier alpha value is -2.05. The van der Waals surface area contributed by atoms with Crippen LogP contribution in [0.3, 0.4) is 0 Å². The van der Waals surface area contributed by atoms with Crippen molar-refractivity contribution in [1.82, 2.24) is 0 Å². The van der Waals surface area contributed by atoms with Crippen molar-refractivity contribution < 1.29 is 56.7 Å². The number of furan rings is 1. The highest BCUT2D eigenvalue weighted by atomic mass is 31.2. The third-order valence-corrected chi connectivity index (χ3v) is 11.1. The molecule has 13 heteroatoms. The van der Waals surface area contributed by atoms with Gasteiger partial charge in [0, 0.05) is 25.7 Å². The van der Waals surface area contributed by atoms with Crippen molar-refractivity contribution in [3.63, 3.8) is 0 Å². The van der Waals surface area contributed by atoms with Crippen molar-refractivity contribution in [1.29, 1.82) is 0 Å². The van der Waals surface area contributed by atoms with Gasteiger partial charge in [0.05, 0.1) is 40.0 Å². The van der Waals surface area contributed by atoms with Crippen LogP contribution in [0.15, 0.2) is 16.6 Å². The molecule has 0 aliphatic rings. The van der Waals surface area contributed by atoms with Crippen LogP contribution in [-0.2, 0) is 45.5 Å². The number of aryl methyl sites for hydroxylation is 2. The standard InChI is InChI=1S/C44H80NO11P/c1-8-10-11-12-16-21-27-39(46)40(47)28-22-17-15-20-24-30-43(48)52-34-38(35-54-57(50,51)53-33-32-45(5,6)7)55-44(49)31-25-19-14-13-18-23-29-42-37(4)36(3)41(56-42)26-9-2/h16,21,38-40,46-47H,8-15,17-20,22-35H2,1-7H3/b21-16-/t38-,39-,40-/m1/s1. The number of hydrogen-bond donors (Lipinski definition) is 2. The number of carbonyl (C=O) groups is 2. The lowest BCUT2D eigenvalue weighted by Gasteiger charge is -2.28. The van der Waals surface area contributed by atoms with Gasteiger partial charge in [-0.1, -0.05) is 90.2 Å². The number of rotatable bonds is 36. The second-order valence-electron chi connectivity index (χ2n) is 16.6. The number of carbonyl (C=O) groups excluding carboxylic acids is 2. The van der Waals surface area contributed by atoms with Gasteiger partial charge in [-0.15, -0.1) is 0 Å². The average Bonchev–Trinajstić information content (AvgIpc) is 3.41. The summed E-state index contributed by atoms with van der Waals surface area (Å²) in [6.07, 6.45) is 19.8. The van der Waals surface area contributed by atoms with E-state index in [1.807, 2.05) is 27.2 Å². The predicted molar refractivity (Wildman–Crippen MR) is 224 cm³/mol. The fraction of sp³-hybridized carbons (Fsp3) is 0.818. The maximum atomic E-state index is 12.7. The molecule has 1 rings (SSSR count). The number of allylic oxidation sites excluding steroid dienone is 1. The Balaban J connectivity index is 2.41. The molecule has 0 saturated heterocycles. The molecule has 0 aromatic carbocycles. The van der Waals surface area contributed by atoms with Crippen molar-refractivity contribution in [3.8, 4) is 0 Å². The molecular formula is C44H80NO11P. The van der Waals surface area contributed by atoms with E-state index in [2.05, 4.69) is 33.8 Å². The van der Waals surface area contributed by atoms with Gasteiger partial charge in [0.25, 0.3) is 7.82 Å². The maximum Gasteiger partial charge on any atom is 0.306 e. The molecule has 1 heterocycles. The highest BCUT2D eigenvalue weighted by molar-refractivity contribution is 7.45. The first kappa shape index (κ1) is 53.0. The molecular weight excluding hydrogens is 749 g/mol. The first-order valence-corrected chi connectivity index (χ1v) is 23.4. The van der Waals surface area contributed by atoms with Crippen LogP contribution in [0.25, 0.3) is 0 Å². The second kappa shape index (κ2) is 30.9. The summed E-state index contributed by atoms with van der Waals surface area (Å²) >= 11 is 0. The molecule has 57 heavy (non-hydrogen) atoms. The van der Waals surface area contributed by atoms with Gasteiger partial charge >= 0.3 is 11.9 Å². The van der Waals surface area contributed by atoms with Crippen LogP contribution in [0.2, 0.25) is 0 Å². The SMILES string of the molecule is CCCCC/C=C\C[C@@H](O)[C@H](O)CCCCCCCC(=O)OC[C@H](COP(=O)([O-])OCC[N+](C)(C)C)OC(=O)CCCCCCCCc1oc(CCC)c(C)c1C. The largest absolute Gasteiger partial charge is 0.756 e. The van der Waals surface area contributed by atoms with Gasteiger partial charge in [0.2, 0.25) is 0 Å². The fourth-order valence-corrected chi connectivity index (χ4v) is 7.04. The third kappa shape index (κ3) is 27.4. The van der Waals surface area contributed by atoms with Crippen LogP contribution in [0.1, 0.15) is 165 Å². The second-order valence-corrected chi connectivity index (χ2v) is 18.0. The minimum atomic E-state index is -4.67. The minimum absolute atomic E-state index is 0.0643. The Kier molecular flexibility index (Phi) is 28.7. The molecule has 1 aromatic rings. The summed E-state index contributed by atoms with van der Waals surface area (Å²) in [7, 11) is 1.05. The van der Waals surface area contributed by atoms with E-state index in [4.69, 9.17) is 22.9 Å². The Labute approximate surface area is 345 Å². The number of phosphoric acid groups is 1. The summed E-state index contributed by atoms with van der Waals surface area (Å²) in [4.78, 5) is 37.7. The number of quaternary nitrogens is 1. The Morgan fingerprint density at radius 3 is 1.96 bits per heavy atom. The third-order valence-electron chi connectivity index (χ3n) is 10.2. The fourth-order valence-electron chi connectivity index (χ4n) is 6.31. The van der Waals surface area contributed by atoms with E-state index in [1.54, 1.807) is 0 Å². The van der Waals surface area contributed by atoms with Crippen molar-refractivity contribution >= 4 is 19.8 Å². The van der Waals surface area contributed by atoms with Crippen LogP contribution in [0.4, 0.5) is 0 Å². The Bertz CT molecular complexity index is 1290. The quantitative estimate of drug-likeness (QED) is 0.0218. The molecule has 1 unspecified atom stereocenters. The van der Waals surface area contributed by atoms with E-state index in [9.17, 15) is 29.3 Å². The number of ether oxygens (including phenoxy) is 2. The van der Waals surface area contributed by atoms with Crippen molar-refractivity contribution in [2.45, 2.75) is 187 Å². The van der Waals surface area contributed by atoms with Crippen LogP contribution < -0.4 is 4.89 Å². The molecule has 0 bridgehead atoms. The first-order chi connectivity index (χ1) is 27.1. The van der Waals surface area contributed by atoms with Crippen molar-refractivity contribution in [3.05, 3.63) is 34.8 Å². The van der Waals surface area contributed by atoms with Crippen molar-refractivity contribution in [2.24, 2.45) is 0 Å². The molecule has 1 aromatic heterocycles. The molecule has 332 valence electrons. The van der Waals surface area contributed by atoms with Gasteiger partial charge in [-0.05, 0) is 76.3 Å². The monoisotopic (exact) mass is 830 g/mol. The molecule has 0 saturated carbocycles. The van der Waals surface area contributed by atoms with Gasteiger partial charge in [-0.3, -0.25) is 14.2 Å². The highest BCUT2D eigenvalue weighted by Crippen LogP contribution is 2.38. The molecule has 0 fully saturated rings. The van der Waals surface area contributed by atoms with E-state index in [0.29, 0.717) is 36.7 Å². The zero-order valence-corrected chi connectivity index (χ0v) is 37.6. The number of hydrogen-bond acceptors (Lipinski definition) is 11. The highest BCUT2D eigenvalue weighted by Gasteiger charge is 2.22. The number of likely N-dealkylation sites (N-methyl/N-ethyl adjacent to an activating group) is 1. The van der Waals surface area contributed by atoms with Gasteiger partial charge in [0.1, 0.15) is 31.3 Å². The van der Waals surface area contributed by atoms with Gasteiger partial charge in [-0.25, -0.2) is 0 Å². The molecule has 0 aliphatic carbocycles. The summed E-state index contributed by atoms with van der Waals surface area (Å²) in [6.45, 7) is 8.13. The molecule has 0 spiro atoms. The van der Waals surface area contributed by atoms with Gasteiger partial charge in [0.15, 0.2) is 6.10 Å². The number of unbranched alkanes of at least 4 members (excludes halogenated alkanes) is 12. The lowest BCUT2D eigenvalue weighted by molar-refractivity contribution is -0.870. The van der Waals surface area contributed by atoms with Crippen molar-refractivity contribution in [2.75, 3.05) is 47.5 Å².